The van der Waals surface area contributed by atoms with E-state index in [9.17, 15) is 18.0 Å². The third-order valence-corrected chi connectivity index (χ3v) is 6.16. The van der Waals surface area contributed by atoms with Gasteiger partial charge < -0.3 is 15.0 Å². The minimum Gasteiger partial charge on any atom is -0.497 e. The lowest BCUT2D eigenvalue weighted by Crippen LogP contribution is -2.51. The molecular formula is C22H28ClN3O5S. The van der Waals surface area contributed by atoms with E-state index in [2.05, 4.69) is 5.32 Å². The maximum atomic E-state index is 13.3. The first-order chi connectivity index (χ1) is 15.1. The van der Waals surface area contributed by atoms with Gasteiger partial charge in [0, 0.05) is 24.2 Å². The molecule has 8 nitrogen and oxygen atoms in total. The number of hydrogen-bond acceptors (Lipinski definition) is 5. The van der Waals surface area contributed by atoms with Crippen molar-refractivity contribution in [2.75, 3.05) is 30.8 Å². The van der Waals surface area contributed by atoms with Crippen LogP contribution in [0, 0.1) is 0 Å². The van der Waals surface area contributed by atoms with Crippen LogP contribution >= 0.6 is 11.6 Å². The summed E-state index contributed by atoms with van der Waals surface area (Å²) < 4.78 is 31.2. The summed E-state index contributed by atoms with van der Waals surface area (Å²) in [4.78, 5) is 27.2. The summed E-state index contributed by atoms with van der Waals surface area (Å²) in [6.07, 6.45) is 1.02. The van der Waals surface area contributed by atoms with E-state index >= 15 is 0 Å². The molecule has 0 saturated carbocycles. The molecular weight excluding hydrogens is 454 g/mol. The van der Waals surface area contributed by atoms with Crippen molar-refractivity contribution in [3.63, 3.8) is 0 Å². The van der Waals surface area contributed by atoms with Gasteiger partial charge in [0.15, 0.2) is 0 Å². The fraction of sp³-hybridized carbons (Fsp3) is 0.364. The summed E-state index contributed by atoms with van der Waals surface area (Å²) in [6.45, 7) is 3.40. The maximum Gasteiger partial charge on any atom is 0.244 e. The van der Waals surface area contributed by atoms with Crippen LogP contribution in [-0.4, -0.2) is 57.6 Å². The van der Waals surface area contributed by atoms with Crippen molar-refractivity contribution in [1.29, 1.82) is 0 Å². The predicted molar refractivity (Wildman–Crippen MR) is 125 cm³/mol. The summed E-state index contributed by atoms with van der Waals surface area (Å²) in [7, 11) is -2.33. The van der Waals surface area contributed by atoms with E-state index in [1.807, 2.05) is 0 Å². The Balaban J connectivity index is 2.39. The van der Waals surface area contributed by atoms with Crippen molar-refractivity contribution in [3.05, 3.63) is 59.1 Å². The molecule has 1 atom stereocenters. The Morgan fingerprint density at radius 1 is 1.16 bits per heavy atom. The molecule has 2 amide bonds. The normalized spacial score (nSPS) is 12.0. The topological polar surface area (TPSA) is 96.0 Å². The average Bonchev–Trinajstić information content (AvgIpc) is 2.74. The average molecular weight is 482 g/mol. The Kier molecular flexibility index (Phi) is 8.91. The third kappa shape index (κ3) is 6.86. The van der Waals surface area contributed by atoms with Crippen LogP contribution < -0.4 is 14.4 Å². The molecule has 1 N–H and O–H groups in total. The van der Waals surface area contributed by atoms with Crippen LogP contribution in [0.25, 0.3) is 0 Å². The van der Waals surface area contributed by atoms with Crippen LogP contribution in [0.5, 0.6) is 5.75 Å². The minimum atomic E-state index is -3.80. The summed E-state index contributed by atoms with van der Waals surface area (Å²) in [5.74, 6) is -0.415. The number of sulfonamides is 1. The molecule has 2 aromatic carbocycles. The van der Waals surface area contributed by atoms with Crippen molar-refractivity contribution >= 4 is 39.1 Å². The zero-order chi connectivity index (χ0) is 23.9. The van der Waals surface area contributed by atoms with Crippen LogP contribution in [-0.2, 0) is 26.2 Å². The lowest BCUT2D eigenvalue weighted by atomic mass is 10.1. The van der Waals surface area contributed by atoms with E-state index in [-0.39, 0.29) is 18.1 Å². The number of ether oxygens (including phenoxy) is 1. The molecule has 2 aromatic rings. The van der Waals surface area contributed by atoms with Gasteiger partial charge in [-0.25, -0.2) is 8.42 Å². The summed E-state index contributed by atoms with van der Waals surface area (Å²) in [6, 6.07) is 12.5. The maximum absolute atomic E-state index is 13.3. The van der Waals surface area contributed by atoms with Crippen LogP contribution in [0.2, 0.25) is 5.02 Å². The number of carbonyl (C=O) groups excluding carboxylic acids is 2. The van der Waals surface area contributed by atoms with Crippen molar-refractivity contribution in [1.82, 2.24) is 10.2 Å². The van der Waals surface area contributed by atoms with Crippen molar-refractivity contribution in [2.24, 2.45) is 0 Å². The molecule has 32 heavy (non-hydrogen) atoms. The van der Waals surface area contributed by atoms with Gasteiger partial charge in [-0.15, -0.1) is 0 Å². The zero-order valence-electron chi connectivity index (χ0n) is 18.5. The van der Waals surface area contributed by atoms with Gasteiger partial charge in [-0.2, -0.15) is 0 Å². The van der Waals surface area contributed by atoms with Crippen molar-refractivity contribution in [3.8, 4) is 5.75 Å². The van der Waals surface area contributed by atoms with E-state index in [0.717, 1.165) is 10.6 Å². The monoisotopic (exact) mass is 481 g/mol. The van der Waals surface area contributed by atoms with Crippen molar-refractivity contribution < 1.29 is 22.7 Å². The van der Waals surface area contributed by atoms with Gasteiger partial charge in [0.2, 0.25) is 21.8 Å². The standard InChI is InChI=1S/C22H28ClN3O5S/c1-5-24-22(28)16(2)25(14-17-8-6-9-18(23)12-17)21(27)15-26(32(4,29)30)19-10-7-11-20(13-19)31-3/h6-13,16H,5,14-15H2,1-4H3,(H,24,28)/t16-/m0/s1. The second-order valence-corrected chi connectivity index (χ2v) is 9.54. The molecule has 0 unspecified atom stereocenters. The molecule has 2 rings (SSSR count). The summed E-state index contributed by atoms with van der Waals surface area (Å²) in [5.41, 5.74) is 1.00. The van der Waals surface area contributed by atoms with Gasteiger partial charge in [-0.05, 0) is 43.7 Å². The highest BCUT2D eigenvalue weighted by Crippen LogP contribution is 2.24. The molecule has 0 aliphatic carbocycles. The summed E-state index contributed by atoms with van der Waals surface area (Å²) in [5, 5.41) is 3.20. The number of carbonyl (C=O) groups is 2. The number of likely N-dealkylation sites (N-methyl/N-ethyl adjacent to an activating group) is 1. The number of methoxy groups -OCH3 is 1. The highest BCUT2D eigenvalue weighted by atomic mass is 35.5. The Morgan fingerprint density at radius 3 is 2.44 bits per heavy atom. The Labute approximate surface area is 194 Å². The van der Waals surface area contributed by atoms with Crippen LogP contribution in [0.4, 0.5) is 5.69 Å². The number of halogens is 1. The molecule has 174 valence electrons. The number of amides is 2. The molecule has 0 saturated heterocycles. The smallest absolute Gasteiger partial charge is 0.244 e. The molecule has 0 spiro atoms. The Morgan fingerprint density at radius 2 is 1.84 bits per heavy atom. The van der Waals surface area contributed by atoms with Crippen molar-refractivity contribution in [2.45, 2.75) is 26.4 Å². The molecule has 0 radical (unpaired) electrons. The molecule has 10 heteroatoms. The number of rotatable bonds is 10. The van der Waals surface area contributed by atoms with Gasteiger partial charge in [-0.3, -0.25) is 13.9 Å². The van der Waals surface area contributed by atoms with Gasteiger partial charge in [0.1, 0.15) is 18.3 Å². The van der Waals surface area contributed by atoms with E-state index in [0.29, 0.717) is 22.9 Å². The van der Waals surface area contributed by atoms with Crippen LogP contribution in [0.3, 0.4) is 0 Å². The van der Waals surface area contributed by atoms with E-state index < -0.39 is 28.5 Å². The molecule has 0 aliphatic rings. The molecule has 0 fully saturated rings. The van der Waals surface area contributed by atoms with Gasteiger partial charge in [-0.1, -0.05) is 29.8 Å². The number of nitrogens with one attached hydrogen (secondary N) is 1. The first-order valence-electron chi connectivity index (χ1n) is 10.00. The Hall–Kier alpha value is -2.78. The first-order valence-corrected chi connectivity index (χ1v) is 12.2. The van der Waals surface area contributed by atoms with Gasteiger partial charge >= 0.3 is 0 Å². The fourth-order valence-corrected chi connectivity index (χ4v) is 4.17. The first kappa shape index (κ1) is 25.5. The van der Waals surface area contributed by atoms with E-state index in [4.69, 9.17) is 16.3 Å². The van der Waals surface area contributed by atoms with Crippen LogP contribution in [0.15, 0.2) is 48.5 Å². The molecule has 0 aromatic heterocycles. The quantitative estimate of drug-likeness (QED) is 0.562. The highest BCUT2D eigenvalue weighted by molar-refractivity contribution is 7.92. The summed E-state index contributed by atoms with van der Waals surface area (Å²) >= 11 is 6.07. The number of nitrogens with zero attached hydrogens (tertiary/aromatic N) is 2. The van der Waals surface area contributed by atoms with Gasteiger partial charge in [0.25, 0.3) is 0 Å². The molecule has 0 aliphatic heterocycles. The van der Waals surface area contributed by atoms with Gasteiger partial charge in [0.05, 0.1) is 19.1 Å². The SMILES string of the molecule is CCNC(=O)[C@H](C)N(Cc1cccc(Cl)c1)C(=O)CN(c1cccc(OC)c1)S(C)(=O)=O. The Bertz CT molecular complexity index is 1060. The minimum absolute atomic E-state index is 0.0907. The lowest BCUT2D eigenvalue weighted by molar-refractivity contribution is -0.139. The number of benzene rings is 2. The molecule has 0 heterocycles. The molecule has 0 bridgehead atoms. The lowest BCUT2D eigenvalue weighted by Gasteiger charge is -2.31. The second kappa shape index (κ2) is 11.2. The largest absolute Gasteiger partial charge is 0.497 e. The zero-order valence-corrected chi connectivity index (χ0v) is 20.1. The van der Waals surface area contributed by atoms with E-state index in [1.54, 1.807) is 56.3 Å². The highest BCUT2D eigenvalue weighted by Gasteiger charge is 2.30. The number of hydrogen-bond donors (Lipinski definition) is 1. The van der Waals surface area contributed by atoms with Crippen LogP contribution in [0.1, 0.15) is 19.4 Å². The number of anilines is 1. The predicted octanol–water partition coefficient (Wildman–Crippen LogP) is 2.67. The third-order valence-electron chi connectivity index (χ3n) is 4.78. The fourth-order valence-electron chi connectivity index (χ4n) is 3.12. The van der Waals surface area contributed by atoms with E-state index in [1.165, 1.54) is 18.1 Å². The second-order valence-electron chi connectivity index (χ2n) is 7.19.